The summed E-state index contributed by atoms with van der Waals surface area (Å²) in [6, 6.07) is 11.3. The number of carbonyl (C=O) groups is 5. The normalized spacial score (nSPS) is 18.5. The Kier molecular flexibility index (Phi) is 13.3. The minimum atomic E-state index is -0.523. The summed E-state index contributed by atoms with van der Waals surface area (Å²) in [5.74, 6) is 1.71. The molecular weight excluding hydrogens is 981 g/mol. The fourth-order valence-corrected chi connectivity index (χ4v) is 11.7. The van der Waals surface area contributed by atoms with Gasteiger partial charge in [-0.25, -0.2) is 24.7 Å². The Morgan fingerprint density at radius 2 is 1.00 bits per heavy atom. The van der Waals surface area contributed by atoms with E-state index in [0.29, 0.717) is 77.6 Å². The Balaban J connectivity index is 0.000000166. The molecule has 12 rings (SSSR count). The fourth-order valence-electron chi connectivity index (χ4n) is 11.7. The molecule has 5 amide bonds. The van der Waals surface area contributed by atoms with Crippen molar-refractivity contribution < 1.29 is 28.7 Å². The summed E-state index contributed by atoms with van der Waals surface area (Å²) in [5.41, 5.74) is 3.57. The number of nitrogens with zero attached hydrogens (tertiary/aromatic N) is 13. The maximum absolute atomic E-state index is 13.0. The number of ether oxygens (including phenoxy) is 1. The van der Waals surface area contributed by atoms with Crippen LogP contribution in [-0.2, 0) is 4.74 Å². The van der Waals surface area contributed by atoms with Crippen molar-refractivity contribution in [1.29, 1.82) is 0 Å². The molecule has 3 N–H and O–H groups in total. The lowest BCUT2D eigenvalue weighted by Gasteiger charge is -2.59. The predicted molar refractivity (Wildman–Crippen MR) is 288 cm³/mol. The number of nitrogens with one attached hydrogen (secondary N) is 3. The third-order valence-electron chi connectivity index (χ3n) is 15.7. The van der Waals surface area contributed by atoms with Crippen LogP contribution in [0.1, 0.15) is 126 Å². The van der Waals surface area contributed by atoms with E-state index < -0.39 is 5.60 Å². The lowest BCUT2D eigenvalue weighted by atomic mass is 9.73. The van der Waals surface area contributed by atoms with Crippen LogP contribution in [0.25, 0.3) is 22.1 Å². The molecule has 6 aromatic rings. The summed E-state index contributed by atoms with van der Waals surface area (Å²) in [6.07, 6.45) is 15.0. The number of aromatic nitrogens is 8. The number of amides is 5. The first-order valence-corrected chi connectivity index (χ1v) is 26.8. The van der Waals surface area contributed by atoms with E-state index in [9.17, 15) is 24.0 Å². The van der Waals surface area contributed by atoms with E-state index in [2.05, 4.69) is 45.0 Å². The van der Waals surface area contributed by atoms with Crippen molar-refractivity contribution in [2.75, 3.05) is 91.2 Å². The molecule has 0 atom stereocenters. The van der Waals surface area contributed by atoms with Gasteiger partial charge in [0, 0.05) is 139 Å². The largest absolute Gasteiger partial charge is 0.444 e. The van der Waals surface area contributed by atoms with Gasteiger partial charge in [0.15, 0.2) is 0 Å². The molecule has 22 nitrogen and oxygen atoms in total. The molecule has 0 aromatic carbocycles. The van der Waals surface area contributed by atoms with Gasteiger partial charge in [-0.1, -0.05) is 25.7 Å². The second-order valence-corrected chi connectivity index (χ2v) is 23.4. The monoisotopic (exact) mass is 1050 g/mol. The Labute approximate surface area is 447 Å². The van der Waals surface area contributed by atoms with Crippen LogP contribution in [0.4, 0.5) is 28.3 Å². The van der Waals surface area contributed by atoms with Crippen LogP contribution in [0.5, 0.6) is 0 Å². The SMILES string of the molecule is CN(C)C(=O)c1cc2cnc(Nc3ccc(C(=O)N4CC5(CN(C(=O)OC(C)(C)C)C5)C4)cn3)nc2n1C1CCCC1.CN(C)C(=O)c1cc2cnc(Nc3ccc(C(=O)N4CC5(CNC5)C4)cn3)nc2n1C1CCCC1. The summed E-state index contributed by atoms with van der Waals surface area (Å²) in [7, 11) is 7.04. The first kappa shape index (κ1) is 51.4. The third-order valence-corrected chi connectivity index (χ3v) is 15.7. The van der Waals surface area contributed by atoms with E-state index in [1.54, 1.807) is 96.8 Å². The summed E-state index contributed by atoms with van der Waals surface area (Å²) < 4.78 is 9.60. The van der Waals surface area contributed by atoms with E-state index in [1.165, 1.54) is 0 Å². The molecule has 0 radical (unpaired) electrons. The average molecular weight is 1050 g/mol. The summed E-state index contributed by atoms with van der Waals surface area (Å²) in [4.78, 5) is 99.7. The number of carbonyl (C=O) groups excluding carboxylic acids is 5. The van der Waals surface area contributed by atoms with Gasteiger partial charge in [-0.05, 0) is 82.9 Å². The second-order valence-electron chi connectivity index (χ2n) is 23.4. The molecular formula is C55H68N16O6. The molecule has 22 heteroatoms. The lowest BCUT2D eigenvalue weighted by Crippen LogP contribution is -2.73. The number of hydrogen-bond donors (Lipinski definition) is 3. The van der Waals surface area contributed by atoms with Crippen molar-refractivity contribution in [2.45, 2.75) is 89.8 Å². The van der Waals surface area contributed by atoms with Crippen LogP contribution in [0.2, 0.25) is 0 Å². The zero-order valence-electron chi connectivity index (χ0n) is 45.0. The van der Waals surface area contributed by atoms with E-state index in [-0.39, 0.29) is 47.2 Å². The molecule has 6 fully saturated rings. The topological polar surface area (TPSA) is 234 Å². The van der Waals surface area contributed by atoms with Gasteiger partial charge in [0.25, 0.3) is 23.6 Å². The van der Waals surface area contributed by atoms with Crippen molar-refractivity contribution in [3.8, 4) is 0 Å². The summed E-state index contributed by atoms with van der Waals surface area (Å²) >= 11 is 0. The zero-order valence-corrected chi connectivity index (χ0v) is 45.0. The van der Waals surface area contributed by atoms with Crippen molar-refractivity contribution in [3.63, 3.8) is 0 Å². The molecule has 6 aliphatic rings. The molecule has 2 spiro atoms. The predicted octanol–water partition coefficient (Wildman–Crippen LogP) is 6.51. The highest BCUT2D eigenvalue weighted by molar-refractivity contribution is 5.99. The molecule has 404 valence electrons. The molecule has 2 aliphatic carbocycles. The van der Waals surface area contributed by atoms with Crippen molar-refractivity contribution in [2.24, 2.45) is 10.8 Å². The summed E-state index contributed by atoms with van der Waals surface area (Å²) in [6.45, 7) is 11.6. The van der Waals surface area contributed by atoms with Gasteiger partial charge in [-0.3, -0.25) is 19.2 Å². The molecule has 0 bridgehead atoms. The highest BCUT2D eigenvalue weighted by Crippen LogP contribution is 2.42. The minimum Gasteiger partial charge on any atom is -0.444 e. The van der Waals surface area contributed by atoms with E-state index in [1.807, 2.05) is 37.8 Å². The Morgan fingerprint density at radius 3 is 1.36 bits per heavy atom. The number of likely N-dealkylation sites (tertiary alicyclic amines) is 3. The molecule has 4 saturated heterocycles. The molecule has 0 unspecified atom stereocenters. The van der Waals surface area contributed by atoms with Crippen molar-refractivity contribution in [1.82, 2.24) is 68.9 Å². The van der Waals surface area contributed by atoms with Crippen LogP contribution in [-0.4, -0.2) is 179 Å². The van der Waals surface area contributed by atoms with Crippen LogP contribution in [0, 0.1) is 10.8 Å². The van der Waals surface area contributed by atoms with Crippen LogP contribution < -0.4 is 16.0 Å². The van der Waals surface area contributed by atoms with Gasteiger partial charge < -0.3 is 54.3 Å². The maximum Gasteiger partial charge on any atom is 0.410 e. The van der Waals surface area contributed by atoms with E-state index in [4.69, 9.17) is 14.7 Å². The van der Waals surface area contributed by atoms with Gasteiger partial charge in [-0.15, -0.1) is 0 Å². The lowest BCUT2D eigenvalue weighted by molar-refractivity contribution is -0.0980. The van der Waals surface area contributed by atoms with E-state index in [0.717, 1.165) is 99.6 Å². The van der Waals surface area contributed by atoms with Crippen molar-refractivity contribution in [3.05, 3.63) is 83.7 Å². The van der Waals surface area contributed by atoms with E-state index >= 15 is 0 Å². The number of hydrogen-bond acceptors (Lipinski definition) is 15. The molecule has 4 aliphatic heterocycles. The zero-order chi connectivity index (χ0) is 54.0. The molecule has 2 saturated carbocycles. The Bertz CT molecular complexity index is 3230. The van der Waals surface area contributed by atoms with Crippen LogP contribution in [0.15, 0.2) is 61.2 Å². The number of rotatable bonds is 10. The first-order valence-electron chi connectivity index (χ1n) is 26.8. The van der Waals surface area contributed by atoms with Gasteiger partial charge in [0.2, 0.25) is 11.9 Å². The van der Waals surface area contributed by atoms with Crippen molar-refractivity contribution >= 4 is 75.3 Å². The minimum absolute atomic E-state index is 0.0201. The molecule has 77 heavy (non-hydrogen) atoms. The number of pyridine rings is 2. The second kappa shape index (κ2) is 20.0. The number of fused-ring (bicyclic) bond motifs is 2. The molecule has 10 heterocycles. The van der Waals surface area contributed by atoms with Gasteiger partial charge in [0.1, 0.15) is 39.9 Å². The average Bonchev–Trinajstić information content (AvgIpc) is 4.19. The standard InChI is InChI=1S/C30H38N8O4.C25H30N8O2/c1-29(2,3)42-28(41)37-17-30(18-37)15-36(16-30)25(39)19-10-11-23(31-13-19)33-27-32-14-20-12-22(26(40)35(4)5)38(24(20)34-27)21-8-6-7-9-21;1-31(2)23(35)19-9-17-11-28-24(30-21(17)33(19)18-5-3-4-6-18)29-20-8-7-16(10-27-20)22(34)32-14-25(15-32)12-26-13-25/h10-14,21H,6-9,15-18H2,1-5H3,(H,31,32,33,34);7-11,18,26H,3-6,12-15H2,1-2H3,(H,27,28,29,30). The smallest absolute Gasteiger partial charge is 0.410 e. The Hall–Kier alpha value is -7.75. The molecule has 6 aromatic heterocycles. The van der Waals surface area contributed by atoms with Crippen LogP contribution in [0.3, 0.4) is 0 Å². The Morgan fingerprint density at radius 1 is 0.584 bits per heavy atom. The quantitative estimate of drug-likeness (QED) is 0.133. The van der Waals surface area contributed by atoms with Crippen LogP contribution >= 0.6 is 0 Å². The van der Waals surface area contributed by atoms with Gasteiger partial charge in [-0.2, -0.15) is 9.97 Å². The highest BCUT2D eigenvalue weighted by Gasteiger charge is 2.55. The van der Waals surface area contributed by atoms with Gasteiger partial charge in [0.05, 0.1) is 11.1 Å². The highest BCUT2D eigenvalue weighted by atomic mass is 16.6. The fraction of sp³-hybridized carbons (Fsp3) is 0.509. The van der Waals surface area contributed by atoms with Gasteiger partial charge >= 0.3 is 6.09 Å². The first-order chi connectivity index (χ1) is 36.8. The maximum atomic E-state index is 13.0. The number of anilines is 4. The third kappa shape index (κ3) is 10.2. The summed E-state index contributed by atoms with van der Waals surface area (Å²) in [5, 5.41) is 11.2.